The van der Waals surface area contributed by atoms with Gasteiger partial charge in [-0.15, -0.1) is 11.6 Å². The van der Waals surface area contributed by atoms with E-state index in [4.69, 9.17) is 17.3 Å². The lowest BCUT2D eigenvalue weighted by atomic mass is 9.95. The number of halogens is 3. The van der Waals surface area contributed by atoms with Crippen molar-refractivity contribution in [3.05, 3.63) is 77.1 Å². The topological polar surface area (TPSA) is 105 Å². The molecule has 0 saturated heterocycles. The Morgan fingerprint density at radius 3 is 2.60 bits per heavy atom. The van der Waals surface area contributed by atoms with Gasteiger partial charge in [0, 0.05) is 31.6 Å². The predicted molar refractivity (Wildman–Crippen MR) is 128 cm³/mol. The molecule has 35 heavy (non-hydrogen) atoms. The Morgan fingerprint density at radius 1 is 1.14 bits per heavy atom. The van der Waals surface area contributed by atoms with Gasteiger partial charge in [-0.25, -0.2) is 8.78 Å². The van der Waals surface area contributed by atoms with Crippen molar-refractivity contribution in [3.63, 3.8) is 0 Å². The minimum atomic E-state index is -1.03. The highest BCUT2D eigenvalue weighted by atomic mass is 35.5. The van der Waals surface area contributed by atoms with E-state index in [2.05, 4.69) is 10.3 Å². The Hall–Kier alpha value is -3.85. The third kappa shape index (κ3) is 5.00. The number of alkyl halides is 1. The van der Waals surface area contributed by atoms with Gasteiger partial charge in [-0.1, -0.05) is 12.1 Å². The fraction of sp³-hybridized carbons (Fsp3) is 0.200. The number of fused-ring (bicyclic) bond motifs is 1. The maximum atomic E-state index is 14.9. The Bertz CT molecular complexity index is 1350. The zero-order chi connectivity index (χ0) is 25.3. The van der Waals surface area contributed by atoms with Crippen LogP contribution in [-0.4, -0.2) is 29.8 Å². The van der Waals surface area contributed by atoms with E-state index in [0.717, 1.165) is 0 Å². The van der Waals surface area contributed by atoms with Gasteiger partial charge in [0.2, 0.25) is 11.8 Å². The van der Waals surface area contributed by atoms with Crippen molar-refractivity contribution in [1.29, 1.82) is 0 Å². The number of hydrogen-bond donors (Lipinski definition) is 2. The van der Waals surface area contributed by atoms with Crippen LogP contribution >= 0.6 is 11.6 Å². The normalized spacial score (nSPS) is 13.8. The molecule has 0 saturated carbocycles. The number of nitrogens with two attached hydrogens (primary N) is 1. The molecule has 0 spiro atoms. The number of aryl methyl sites for hydroxylation is 1. The van der Waals surface area contributed by atoms with Crippen molar-refractivity contribution in [2.24, 2.45) is 5.73 Å². The maximum absolute atomic E-state index is 14.9. The second-order valence-corrected chi connectivity index (χ2v) is 8.67. The van der Waals surface area contributed by atoms with Crippen LogP contribution in [0.2, 0.25) is 0 Å². The molecular formula is C25H21ClF2N4O3. The molecule has 10 heteroatoms. The van der Waals surface area contributed by atoms with Crippen LogP contribution in [0.25, 0.3) is 11.1 Å². The third-order valence-corrected chi connectivity index (χ3v) is 6.15. The molecule has 0 aliphatic carbocycles. The number of nitrogens with zero attached hydrogens (tertiary/aromatic N) is 2. The predicted octanol–water partition coefficient (Wildman–Crippen LogP) is 4.34. The van der Waals surface area contributed by atoms with Gasteiger partial charge >= 0.3 is 0 Å². The van der Waals surface area contributed by atoms with Crippen molar-refractivity contribution in [1.82, 2.24) is 4.98 Å². The fourth-order valence-corrected chi connectivity index (χ4v) is 4.34. The van der Waals surface area contributed by atoms with Gasteiger partial charge in [0.05, 0.1) is 28.0 Å². The van der Waals surface area contributed by atoms with Gasteiger partial charge in [0.15, 0.2) is 0 Å². The molecule has 0 fully saturated rings. The monoisotopic (exact) mass is 498 g/mol. The first-order valence-electron chi connectivity index (χ1n) is 10.7. The first-order chi connectivity index (χ1) is 16.7. The number of carbonyl (C=O) groups excluding carboxylic acids is 3. The Labute approximate surface area is 204 Å². The summed E-state index contributed by atoms with van der Waals surface area (Å²) >= 11 is 6.38. The number of amides is 3. The minimum absolute atomic E-state index is 0.00146. The lowest BCUT2D eigenvalue weighted by molar-refractivity contribution is -0.118. The Kier molecular flexibility index (Phi) is 6.79. The Balaban J connectivity index is 1.61. The van der Waals surface area contributed by atoms with E-state index < -0.39 is 28.8 Å². The van der Waals surface area contributed by atoms with E-state index in [1.165, 1.54) is 48.5 Å². The minimum Gasteiger partial charge on any atom is -0.366 e. The molecule has 1 aliphatic heterocycles. The van der Waals surface area contributed by atoms with Crippen molar-refractivity contribution in [2.45, 2.75) is 24.6 Å². The summed E-state index contributed by atoms with van der Waals surface area (Å²) in [5.41, 5.74) is 7.36. The highest BCUT2D eigenvalue weighted by Crippen LogP contribution is 2.35. The van der Waals surface area contributed by atoms with Crippen molar-refractivity contribution in [3.8, 4) is 11.1 Å². The zero-order valence-electron chi connectivity index (χ0n) is 18.6. The maximum Gasteiger partial charge on any atom is 0.250 e. The number of pyridine rings is 1. The quantitative estimate of drug-likeness (QED) is 0.493. The van der Waals surface area contributed by atoms with Crippen LogP contribution in [0.15, 0.2) is 48.7 Å². The Morgan fingerprint density at radius 2 is 1.89 bits per heavy atom. The lowest BCUT2D eigenvalue weighted by Crippen LogP contribution is -2.32. The van der Waals surface area contributed by atoms with Crippen LogP contribution in [0.3, 0.4) is 0 Å². The summed E-state index contributed by atoms with van der Waals surface area (Å²) in [6, 6.07) is 10.1. The number of anilines is 2. The average molecular weight is 499 g/mol. The summed E-state index contributed by atoms with van der Waals surface area (Å²) in [4.78, 5) is 42.0. The lowest BCUT2D eigenvalue weighted by Gasteiger charge is -2.26. The van der Waals surface area contributed by atoms with Crippen LogP contribution in [0.5, 0.6) is 0 Å². The smallest absolute Gasteiger partial charge is 0.250 e. The van der Waals surface area contributed by atoms with Gasteiger partial charge in [0.1, 0.15) is 11.6 Å². The standard InChI is InChI=1S/C25H21ClF2N4O3/c1-32-22(34)7-6-13-8-14(10-19(28)24(13)32)15-9-16(25(29)35)23(30-12-15)17(26)11-21(33)31-20-5-3-2-4-18(20)27/h2-5,8-10,12,17H,6-7,11H2,1H3,(H2,29,35)(H,31,33). The number of nitrogens with one attached hydrogen (secondary N) is 1. The molecule has 1 unspecified atom stereocenters. The molecule has 3 amide bonds. The largest absolute Gasteiger partial charge is 0.366 e. The van der Waals surface area contributed by atoms with Crippen LogP contribution in [0.1, 0.15) is 39.8 Å². The van der Waals surface area contributed by atoms with E-state index in [1.807, 2.05) is 0 Å². The molecule has 3 aromatic rings. The number of hydrogen-bond acceptors (Lipinski definition) is 4. The number of benzene rings is 2. The fourth-order valence-electron chi connectivity index (χ4n) is 4.03. The molecule has 3 N–H and O–H groups in total. The summed E-state index contributed by atoms with van der Waals surface area (Å²) < 4.78 is 28.7. The van der Waals surface area contributed by atoms with Crippen LogP contribution in [0, 0.1) is 11.6 Å². The summed E-state index contributed by atoms with van der Waals surface area (Å²) in [6.07, 6.45) is 1.76. The molecule has 0 radical (unpaired) electrons. The molecule has 1 aromatic heterocycles. The van der Waals surface area contributed by atoms with E-state index in [-0.39, 0.29) is 41.4 Å². The van der Waals surface area contributed by atoms with Crippen LogP contribution in [-0.2, 0) is 16.0 Å². The summed E-state index contributed by atoms with van der Waals surface area (Å²) in [7, 11) is 1.52. The van der Waals surface area contributed by atoms with E-state index >= 15 is 0 Å². The first-order valence-corrected chi connectivity index (χ1v) is 11.2. The zero-order valence-corrected chi connectivity index (χ0v) is 19.4. The van der Waals surface area contributed by atoms with Crippen molar-refractivity contribution >= 4 is 40.7 Å². The summed E-state index contributed by atoms with van der Waals surface area (Å²) in [5, 5.41) is 1.40. The van der Waals surface area contributed by atoms with Crippen molar-refractivity contribution in [2.75, 3.05) is 17.3 Å². The molecule has 1 aliphatic rings. The molecule has 2 aromatic carbocycles. The second-order valence-electron chi connectivity index (χ2n) is 8.14. The van der Waals surface area contributed by atoms with Gasteiger partial charge in [-0.05, 0) is 47.9 Å². The number of rotatable bonds is 6. The average Bonchev–Trinajstić information content (AvgIpc) is 2.82. The summed E-state index contributed by atoms with van der Waals surface area (Å²) in [6.45, 7) is 0. The molecule has 1 atom stereocenters. The SMILES string of the molecule is CN1C(=O)CCc2cc(-c3cnc(C(Cl)CC(=O)Nc4ccccc4F)c(C(N)=O)c3)cc(F)c21. The number of aromatic nitrogens is 1. The van der Waals surface area contributed by atoms with Crippen LogP contribution in [0.4, 0.5) is 20.2 Å². The molecule has 0 bridgehead atoms. The third-order valence-electron chi connectivity index (χ3n) is 5.79. The van der Waals surface area contributed by atoms with Crippen LogP contribution < -0.4 is 16.0 Å². The van der Waals surface area contributed by atoms with E-state index in [9.17, 15) is 23.2 Å². The molecule has 2 heterocycles. The first kappa shape index (κ1) is 24.3. The van der Waals surface area contributed by atoms with E-state index in [1.54, 1.807) is 12.1 Å². The molecular weight excluding hydrogens is 478 g/mol. The second kappa shape index (κ2) is 9.79. The van der Waals surface area contributed by atoms with Gasteiger partial charge in [-0.3, -0.25) is 19.4 Å². The molecule has 4 rings (SSSR count). The molecule has 180 valence electrons. The summed E-state index contributed by atoms with van der Waals surface area (Å²) in [5.74, 6) is -2.73. The van der Waals surface area contributed by atoms with Gasteiger partial charge in [-0.2, -0.15) is 0 Å². The van der Waals surface area contributed by atoms with E-state index in [0.29, 0.717) is 23.1 Å². The highest BCUT2D eigenvalue weighted by Gasteiger charge is 2.26. The number of carbonyl (C=O) groups is 3. The number of primary amides is 1. The van der Waals surface area contributed by atoms with Gasteiger partial charge < -0.3 is 16.0 Å². The van der Waals surface area contributed by atoms with Crippen molar-refractivity contribution < 1.29 is 23.2 Å². The molecule has 7 nitrogen and oxygen atoms in total. The van der Waals surface area contributed by atoms with Gasteiger partial charge in [0.25, 0.3) is 5.91 Å². The highest BCUT2D eigenvalue weighted by molar-refractivity contribution is 6.22. The number of para-hydroxylation sites is 1.